The van der Waals surface area contributed by atoms with Crippen LogP contribution in [0.4, 0.5) is 9.59 Å². The Morgan fingerprint density at radius 1 is 1.07 bits per heavy atom. The van der Waals surface area contributed by atoms with Crippen molar-refractivity contribution >= 4 is 41.5 Å². The van der Waals surface area contributed by atoms with E-state index in [9.17, 15) is 24.3 Å². The number of fused-ring (bicyclic) bond motifs is 1. The molecule has 0 spiro atoms. The SMILES string of the molecule is COC(=O)C(CCC[C@@H]1SC[C@@H]2NC(=O)N[C@@H]21)=NO.O=C(N[C@@H](Cc1ccccc1)C(=O)O)OCc1ccccc1. The molecule has 0 unspecified atom stereocenters. The van der Waals surface area contributed by atoms with Gasteiger partial charge in [-0.2, -0.15) is 11.8 Å². The maximum atomic E-state index is 11.7. The fourth-order valence-corrected chi connectivity index (χ4v) is 5.92. The third-order valence-corrected chi connectivity index (χ3v) is 7.98. The zero-order valence-electron chi connectivity index (χ0n) is 22.5. The molecule has 13 heteroatoms. The quantitative estimate of drug-likeness (QED) is 0.0871. The topological polar surface area (TPSA) is 176 Å². The Balaban J connectivity index is 0.000000228. The molecule has 4 rings (SSSR count). The molecule has 12 nitrogen and oxygen atoms in total. The minimum atomic E-state index is -1.10. The number of methoxy groups -OCH3 is 1. The van der Waals surface area contributed by atoms with Gasteiger partial charge < -0.3 is 35.7 Å². The van der Waals surface area contributed by atoms with Crippen LogP contribution in [0, 0.1) is 0 Å². The molecule has 2 aromatic carbocycles. The zero-order chi connectivity index (χ0) is 29.6. The summed E-state index contributed by atoms with van der Waals surface area (Å²) in [6.45, 7) is 0.102. The molecule has 0 saturated carbocycles. The highest BCUT2D eigenvalue weighted by molar-refractivity contribution is 8.00. The van der Waals surface area contributed by atoms with Crippen molar-refractivity contribution in [2.24, 2.45) is 5.16 Å². The normalized spacial score (nSPS) is 19.9. The number of nitrogens with one attached hydrogen (secondary N) is 3. The Bertz CT molecular complexity index is 1200. The summed E-state index contributed by atoms with van der Waals surface area (Å²) in [4.78, 5) is 45.4. The van der Waals surface area contributed by atoms with E-state index in [4.69, 9.17) is 9.94 Å². The van der Waals surface area contributed by atoms with Crippen LogP contribution in [-0.2, 0) is 32.1 Å². The second-order valence-electron chi connectivity index (χ2n) is 9.34. The van der Waals surface area contributed by atoms with Crippen LogP contribution in [0.15, 0.2) is 65.8 Å². The Morgan fingerprint density at radius 3 is 2.34 bits per heavy atom. The minimum Gasteiger partial charge on any atom is -0.480 e. The van der Waals surface area contributed by atoms with Gasteiger partial charge in [-0.1, -0.05) is 65.8 Å². The minimum absolute atomic E-state index is 0.0376. The molecule has 4 atom stereocenters. The highest BCUT2D eigenvalue weighted by Crippen LogP contribution is 2.33. The van der Waals surface area contributed by atoms with Gasteiger partial charge in [0.15, 0.2) is 5.71 Å². The van der Waals surface area contributed by atoms with Gasteiger partial charge in [0.05, 0.1) is 19.2 Å². The van der Waals surface area contributed by atoms with Crippen LogP contribution in [0.1, 0.15) is 30.4 Å². The lowest BCUT2D eigenvalue weighted by Crippen LogP contribution is -2.42. The Kier molecular flexibility index (Phi) is 12.3. The summed E-state index contributed by atoms with van der Waals surface area (Å²) in [7, 11) is 1.25. The number of hydrogen-bond donors (Lipinski definition) is 5. The number of benzene rings is 2. The number of alkyl carbamates (subject to hydrolysis) is 1. The highest BCUT2D eigenvalue weighted by Gasteiger charge is 2.42. The van der Waals surface area contributed by atoms with Crippen LogP contribution in [0.2, 0.25) is 0 Å². The molecule has 5 N–H and O–H groups in total. The van der Waals surface area contributed by atoms with E-state index in [0.717, 1.165) is 23.3 Å². The van der Waals surface area contributed by atoms with Gasteiger partial charge in [0.2, 0.25) is 0 Å². The molecule has 2 aromatic rings. The van der Waals surface area contributed by atoms with Crippen LogP contribution in [0.3, 0.4) is 0 Å². The number of oxime groups is 1. The van der Waals surface area contributed by atoms with E-state index in [1.54, 1.807) is 0 Å². The fourth-order valence-electron chi connectivity index (χ4n) is 4.38. The van der Waals surface area contributed by atoms with Crippen LogP contribution in [-0.4, -0.2) is 76.3 Å². The number of amides is 3. The van der Waals surface area contributed by atoms with Gasteiger partial charge in [-0.15, -0.1) is 0 Å². The van der Waals surface area contributed by atoms with E-state index in [1.807, 2.05) is 72.4 Å². The number of ether oxygens (including phenoxy) is 2. The monoisotopic (exact) mass is 586 g/mol. The maximum Gasteiger partial charge on any atom is 0.408 e. The van der Waals surface area contributed by atoms with E-state index in [0.29, 0.717) is 18.1 Å². The van der Waals surface area contributed by atoms with Crippen molar-refractivity contribution in [3.8, 4) is 0 Å². The van der Waals surface area contributed by atoms with Gasteiger partial charge in [0.1, 0.15) is 12.6 Å². The summed E-state index contributed by atoms with van der Waals surface area (Å²) < 4.78 is 9.54. The third-order valence-electron chi connectivity index (χ3n) is 6.47. The van der Waals surface area contributed by atoms with Gasteiger partial charge in [0, 0.05) is 23.8 Å². The van der Waals surface area contributed by atoms with Crippen molar-refractivity contribution in [3.63, 3.8) is 0 Å². The summed E-state index contributed by atoms with van der Waals surface area (Å²) in [6, 6.07) is 17.5. The number of carboxylic acids is 1. The second kappa shape index (κ2) is 16.1. The summed E-state index contributed by atoms with van der Waals surface area (Å²) in [6.07, 6.45) is 1.40. The Morgan fingerprint density at radius 2 is 1.73 bits per heavy atom. The lowest BCUT2D eigenvalue weighted by atomic mass is 10.0. The number of thioether (sulfide) groups is 1. The number of carboxylic acid groups (broad SMARTS) is 1. The first-order chi connectivity index (χ1) is 19.8. The molecule has 2 aliphatic rings. The van der Waals surface area contributed by atoms with Crippen molar-refractivity contribution < 1.29 is 39.0 Å². The lowest BCUT2D eigenvalue weighted by molar-refractivity contribution is -0.139. The van der Waals surface area contributed by atoms with Gasteiger partial charge in [-0.05, 0) is 24.0 Å². The van der Waals surface area contributed by atoms with Gasteiger partial charge in [-0.3, -0.25) is 0 Å². The van der Waals surface area contributed by atoms with Crippen LogP contribution >= 0.6 is 11.8 Å². The number of urea groups is 1. The summed E-state index contributed by atoms with van der Waals surface area (Å²) in [5.41, 5.74) is 1.71. The predicted octanol–water partition coefficient (Wildman–Crippen LogP) is 2.93. The number of carbonyl (C=O) groups excluding carboxylic acids is 3. The number of aliphatic carboxylic acids is 1. The van der Waals surface area contributed by atoms with Gasteiger partial charge in [-0.25, -0.2) is 19.2 Å². The third kappa shape index (κ3) is 10.0. The van der Waals surface area contributed by atoms with Crippen molar-refractivity contribution in [2.45, 2.75) is 55.7 Å². The summed E-state index contributed by atoms with van der Waals surface area (Å²) in [5.74, 6) is -0.790. The van der Waals surface area contributed by atoms with Gasteiger partial charge >= 0.3 is 24.1 Å². The molecule has 2 fully saturated rings. The number of rotatable bonds is 11. The van der Waals surface area contributed by atoms with E-state index < -0.39 is 24.1 Å². The number of nitrogens with zero attached hydrogens (tertiary/aromatic N) is 1. The molecule has 0 aromatic heterocycles. The standard InChI is InChI=1S/C17H17NO4.C11H17N3O4S/c19-16(20)15(11-13-7-3-1-4-8-13)18-17(21)22-12-14-9-5-2-6-10-14;1-18-10(15)6(14-17)3-2-4-8-9-7(5-19-8)12-11(16)13-9/h1-10,15H,11-12H2,(H,18,21)(H,19,20);7-9,17H,2-5H2,1H3,(H2,12,13,16)/t15-;7-,8-,9-/m00/s1. The van der Waals surface area contributed by atoms with Crippen molar-refractivity contribution in [1.29, 1.82) is 0 Å². The first-order valence-electron chi connectivity index (χ1n) is 13.0. The second-order valence-corrected chi connectivity index (χ2v) is 10.6. The molecular formula is C28H34N4O8S. The number of carbonyl (C=O) groups is 4. The molecule has 2 saturated heterocycles. The fraction of sp³-hybridized carbons (Fsp3) is 0.393. The zero-order valence-corrected chi connectivity index (χ0v) is 23.3. The number of hydrogen-bond acceptors (Lipinski definition) is 9. The molecule has 220 valence electrons. The predicted molar refractivity (Wildman–Crippen MR) is 152 cm³/mol. The van der Waals surface area contributed by atoms with Crippen molar-refractivity contribution in [2.75, 3.05) is 12.9 Å². The molecule has 2 aliphatic heterocycles. The lowest BCUT2D eigenvalue weighted by Gasteiger charge is -2.16. The van der Waals surface area contributed by atoms with Gasteiger partial charge in [0.25, 0.3) is 0 Å². The molecular weight excluding hydrogens is 552 g/mol. The summed E-state index contributed by atoms with van der Waals surface area (Å²) in [5, 5.41) is 29.4. The van der Waals surface area contributed by atoms with Crippen LogP contribution < -0.4 is 16.0 Å². The molecule has 0 bridgehead atoms. The average molecular weight is 587 g/mol. The Labute approximate surface area is 241 Å². The highest BCUT2D eigenvalue weighted by atomic mass is 32.2. The van der Waals surface area contributed by atoms with E-state index in [-0.39, 0.29) is 36.9 Å². The summed E-state index contributed by atoms with van der Waals surface area (Å²) >= 11 is 1.81. The van der Waals surface area contributed by atoms with Crippen molar-refractivity contribution in [1.82, 2.24) is 16.0 Å². The van der Waals surface area contributed by atoms with E-state index in [1.165, 1.54) is 7.11 Å². The van der Waals surface area contributed by atoms with Crippen LogP contribution in [0.5, 0.6) is 0 Å². The first-order valence-corrected chi connectivity index (χ1v) is 14.1. The number of esters is 1. The van der Waals surface area contributed by atoms with Crippen molar-refractivity contribution in [3.05, 3.63) is 71.8 Å². The smallest absolute Gasteiger partial charge is 0.408 e. The van der Waals surface area contributed by atoms with E-state index in [2.05, 4.69) is 25.8 Å². The molecule has 41 heavy (non-hydrogen) atoms. The average Bonchev–Trinajstić information content (AvgIpc) is 3.54. The van der Waals surface area contributed by atoms with E-state index >= 15 is 0 Å². The van der Waals surface area contributed by atoms with Crippen LogP contribution in [0.25, 0.3) is 0 Å². The molecule has 2 heterocycles. The maximum absolute atomic E-state index is 11.7. The first kappa shape index (κ1) is 31.3. The molecule has 0 radical (unpaired) electrons. The molecule has 0 aliphatic carbocycles. The largest absolute Gasteiger partial charge is 0.480 e. The molecule has 3 amide bonds. The Hall–Kier alpha value is -4.26.